The van der Waals surface area contributed by atoms with Crippen LogP contribution >= 0.6 is 11.6 Å². The third-order valence-corrected chi connectivity index (χ3v) is 4.17. The van der Waals surface area contributed by atoms with Crippen LogP contribution < -0.4 is 10.6 Å². The van der Waals surface area contributed by atoms with E-state index in [2.05, 4.69) is 29.6 Å². The van der Waals surface area contributed by atoms with Crippen LogP contribution in [-0.2, 0) is 10.2 Å². The van der Waals surface area contributed by atoms with Gasteiger partial charge in [-0.3, -0.25) is 10.1 Å². The molecule has 1 aromatic carbocycles. The van der Waals surface area contributed by atoms with Crippen LogP contribution in [0.2, 0.25) is 5.02 Å². The van der Waals surface area contributed by atoms with Crippen LogP contribution in [0.5, 0.6) is 0 Å². The molecule has 0 bridgehead atoms. The Morgan fingerprint density at radius 2 is 1.88 bits per heavy atom. The van der Waals surface area contributed by atoms with Crippen molar-refractivity contribution in [2.24, 2.45) is 5.92 Å². The SMILES string of the molecule is CC(C)C(NCC(=O)Nc1cc(C(C)(C)C)no1)c1ccc(Cl)cc1. The molecule has 6 heteroatoms. The van der Waals surface area contributed by atoms with Crippen LogP contribution in [0.15, 0.2) is 34.9 Å². The van der Waals surface area contributed by atoms with Crippen LogP contribution in [0.4, 0.5) is 5.88 Å². The lowest BCUT2D eigenvalue weighted by molar-refractivity contribution is -0.115. The van der Waals surface area contributed by atoms with Gasteiger partial charge in [0.2, 0.25) is 11.8 Å². The van der Waals surface area contributed by atoms with Gasteiger partial charge in [0.15, 0.2) is 0 Å². The maximum atomic E-state index is 12.2. The van der Waals surface area contributed by atoms with E-state index < -0.39 is 0 Å². The van der Waals surface area contributed by atoms with E-state index in [9.17, 15) is 4.79 Å². The normalized spacial score (nSPS) is 13.1. The summed E-state index contributed by atoms with van der Waals surface area (Å²) in [5.74, 6) is 0.521. The fourth-order valence-electron chi connectivity index (χ4n) is 2.48. The lowest BCUT2D eigenvalue weighted by Crippen LogP contribution is -2.33. The van der Waals surface area contributed by atoms with Gasteiger partial charge in [0.05, 0.1) is 12.2 Å². The molecule has 0 aliphatic carbocycles. The van der Waals surface area contributed by atoms with Crippen molar-refractivity contribution >= 4 is 23.4 Å². The number of halogens is 1. The Labute approximate surface area is 154 Å². The number of benzene rings is 1. The van der Waals surface area contributed by atoms with E-state index in [0.29, 0.717) is 16.8 Å². The number of anilines is 1. The van der Waals surface area contributed by atoms with E-state index in [-0.39, 0.29) is 23.9 Å². The summed E-state index contributed by atoms with van der Waals surface area (Å²) in [5.41, 5.74) is 1.78. The van der Waals surface area contributed by atoms with E-state index in [0.717, 1.165) is 11.3 Å². The number of carbonyl (C=O) groups is 1. The van der Waals surface area contributed by atoms with Gasteiger partial charge in [0.1, 0.15) is 0 Å². The molecule has 136 valence electrons. The smallest absolute Gasteiger partial charge is 0.240 e. The Kier molecular flexibility index (Phi) is 6.25. The van der Waals surface area contributed by atoms with Gasteiger partial charge in [-0.15, -0.1) is 0 Å². The Hall–Kier alpha value is -1.85. The summed E-state index contributed by atoms with van der Waals surface area (Å²) in [6.07, 6.45) is 0. The number of amides is 1. The first-order valence-electron chi connectivity index (χ1n) is 8.42. The maximum Gasteiger partial charge on any atom is 0.240 e. The summed E-state index contributed by atoms with van der Waals surface area (Å²) in [6, 6.07) is 9.49. The monoisotopic (exact) mass is 363 g/mol. The fourth-order valence-corrected chi connectivity index (χ4v) is 2.61. The fraction of sp³-hybridized carbons (Fsp3) is 0.474. The molecule has 0 fully saturated rings. The number of nitrogens with zero attached hydrogens (tertiary/aromatic N) is 1. The van der Waals surface area contributed by atoms with Gasteiger partial charge < -0.3 is 9.84 Å². The molecule has 0 saturated heterocycles. The molecule has 1 heterocycles. The van der Waals surface area contributed by atoms with Crippen molar-refractivity contribution in [2.75, 3.05) is 11.9 Å². The summed E-state index contributed by atoms with van der Waals surface area (Å²) in [5, 5.41) is 10.7. The first-order valence-corrected chi connectivity index (χ1v) is 8.80. The Balaban J connectivity index is 1.95. The summed E-state index contributed by atoms with van der Waals surface area (Å²) >= 11 is 5.95. The minimum Gasteiger partial charge on any atom is -0.338 e. The van der Waals surface area contributed by atoms with Crippen LogP contribution in [0, 0.1) is 5.92 Å². The summed E-state index contributed by atoms with van der Waals surface area (Å²) in [7, 11) is 0. The van der Waals surface area contributed by atoms with Gasteiger partial charge in [-0.2, -0.15) is 0 Å². The van der Waals surface area contributed by atoms with Crippen molar-refractivity contribution in [3.05, 3.63) is 46.6 Å². The van der Waals surface area contributed by atoms with E-state index in [1.165, 1.54) is 0 Å². The minimum absolute atomic E-state index is 0.0582. The molecule has 0 radical (unpaired) electrons. The second-order valence-electron chi connectivity index (χ2n) is 7.53. The summed E-state index contributed by atoms with van der Waals surface area (Å²) in [4.78, 5) is 12.2. The Bertz CT molecular complexity index is 702. The first-order chi connectivity index (χ1) is 11.7. The molecule has 2 rings (SSSR count). The molecule has 1 unspecified atom stereocenters. The highest BCUT2D eigenvalue weighted by atomic mass is 35.5. The molecule has 2 N–H and O–H groups in total. The van der Waals surface area contributed by atoms with Crippen LogP contribution in [0.25, 0.3) is 0 Å². The number of hydrogen-bond donors (Lipinski definition) is 2. The molecule has 0 aliphatic heterocycles. The van der Waals surface area contributed by atoms with Crippen LogP contribution in [-0.4, -0.2) is 17.6 Å². The Morgan fingerprint density at radius 3 is 2.40 bits per heavy atom. The largest absolute Gasteiger partial charge is 0.338 e. The topological polar surface area (TPSA) is 67.2 Å². The van der Waals surface area contributed by atoms with Gasteiger partial charge in [-0.1, -0.05) is 63.5 Å². The van der Waals surface area contributed by atoms with Crippen molar-refractivity contribution in [1.82, 2.24) is 10.5 Å². The second kappa shape index (κ2) is 8.02. The first kappa shape index (κ1) is 19.5. The molecule has 1 amide bonds. The van der Waals surface area contributed by atoms with Crippen LogP contribution in [0.3, 0.4) is 0 Å². The van der Waals surface area contributed by atoms with E-state index >= 15 is 0 Å². The summed E-state index contributed by atoms with van der Waals surface area (Å²) < 4.78 is 5.19. The molecule has 25 heavy (non-hydrogen) atoms. The van der Waals surface area contributed by atoms with Crippen molar-refractivity contribution in [1.29, 1.82) is 0 Å². The highest BCUT2D eigenvalue weighted by molar-refractivity contribution is 6.30. The zero-order valence-corrected chi connectivity index (χ0v) is 16.1. The molecule has 2 aromatic rings. The van der Waals surface area contributed by atoms with Crippen molar-refractivity contribution in [2.45, 2.75) is 46.1 Å². The van der Waals surface area contributed by atoms with E-state index in [1.807, 2.05) is 45.0 Å². The molecule has 0 saturated carbocycles. The number of rotatable bonds is 6. The minimum atomic E-state index is -0.170. The lowest BCUT2D eigenvalue weighted by Gasteiger charge is -2.22. The third kappa shape index (κ3) is 5.58. The zero-order chi connectivity index (χ0) is 18.6. The number of carbonyl (C=O) groups excluding carboxylic acids is 1. The molecular weight excluding hydrogens is 338 g/mol. The van der Waals surface area contributed by atoms with Gasteiger partial charge in [0, 0.05) is 22.5 Å². The molecule has 1 aromatic heterocycles. The molecule has 0 aliphatic rings. The van der Waals surface area contributed by atoms with Crippen molar-refractivity contribution in [3.8, 4) is 0 Å². The quantitative estimate of drug-likeness (QED) is 0.790. The third-order valence-electron chi connectivity index (χ3n) is 3.92. The molecule has 0 spiro atoms. The van der Waals surface area contributed by atoms with Gasteiger partial charge in [-0.05, 0) is 23.6 Å². The number of aromatic nitrogens is 1. The number of nitrogens with one attached hydrogen (secondary N) is 2. The number of hydrogen-bond acceptors (Lipinski definition) is 4. The Morgan fingerprint density at radius 1 is 1.24 bits per heavy atom. The predicted molar refractivity (Wildman–Crippen MR) is 101 cm³/mol. The highest BCUT2D eigenvalue weighted by Gasteiger charge is 2.20. The average molecular weight is 364 g/mol. The second-order valence-corrected chi connectivity index (χ2v) is 7.97. The maximum absolute atomic E-state index is 12.2. The van der Waals surface area contributed by atoms with Gasteiger partial charge in [0.25, 0.3) is 0 Å². The van der Waals surface area contributed by atoms with Gasteiger partial charge in [-0.25, -0.2) is 0 Å². The standard InChI is InChI=1S/C19H26ClN3O2/c1-12(2)18(13-6-8-14(20)9-7-13)21-11-16(24)22-17-10-15(23-25-17)19(3,4)5/h6-10,12,18,21H,11H2,1-5H3,(H,22,24). The molecule has 1 atom stereocenters. The van der Waals surface area contributed by atoms with Crippen molar-refractivity contribution < 1.29 is 9.32 Å². The zero-order valence-electron chi connectivity index (χ0n) is 15.4. The molecular formula is C19H26ClN3O2. The van der Waals surface area contributed by atoms with E-state index in [1.54, 1.807) is 6.07 Å². The lowest BCUT2D eigenvalue weighted by atomic mass is 9.92. The van der Waals surface area contributed by atoms with Crippen LogP contribution in [0.1, 0.15) is 51.9 Å². The molecule has 5 nitrogen and oxygen atoms in total. The average Bonchev–Trinajstić information content (AvgIpc) is 2.97. The predicted octanol–water partition coefficient (Wildman–Crippen LogP) is 4.55. The van der Waals surface area contributed by atoms with Crippen molar-refractivity contribution in [3.63, 3.8) is 0 Å². The highest BCUT2D eigenvalue weighted by Crippen LogP contribution is 2.24. The van der Waals surface area contributed by atoms with E-state index in [4.69, 9.17) is 16.1 Å². The van der Waals surface area contributed by atoms with Gasteiger partial charge >= 0.3 is 0 Å². The summed E-state index contributed by atoms with van der Waals surface area (Å²) in [6.45, 7) is 10.5.